The zero-order valence-electron chi connectivity index (χ0n) is 14.0. The summed E-state index contributed by atoms with van der Waals surface area (Å²) in [6.45, 7) is 6.07. The Kier molecular flexibility index (Phi) is 6.28. The topological polar surface area (TPSA) is 56.7 Å². The first kappa shape index (κ1) is 17.6. The number of carbonyl (C=O) groups excluding carboxylic acids is 1. The van der Waals surface area contributed by atoms with Gasteiger partial charge in [0.05, 0.1) is 0 Å². The molecule has 1 heterocycles. The molecule has 2 rings (SSSR count). The Morgan fingerprint density at radius 1 is 1.48 bits per heavy atom. The van der Waals surface area contributed by atoms with Gasteiger partial charge in [0.25, 0.3) is 0 Å². The van der Waals surface area contributed by atoms with E-state index < -0.39 is 0 Å². The number of carbonyl (C=O) groups is 1. The van der Waals surface area contributed by atoms with Crippen LogP contribution in [0.1, 0.15) is 25.8 Å². The molecule has 1 fully saturated rings. The third-order valence-electron chi connectivity index (χ3n) is 3.91. The maximum atomic E-state index is 12.0. The lowest BCUT2D eigenvalue weighted by molar-refractivity contribution is -0.133. The van der Waals surface area contributed by atoms with Crippen LogP contribution < -0.4 is 10.6 Å². The van der Waals surface area contributed by atoms with Crippen LogP contribution in [-0.4, -0.2) is 42.9 Å². The third kappa shape index (κ3) is 5.13. The summed E-state index contributed by atoms with van der Waals surface area (Å²) in [5, 5.41) is 7.40. The molecule has 1 aliphatic heterocycles. The van der Waals surface area contributed by atoms with Crippen LogP contribution in [0, 0.1) is 5.92 Å². The lowest BCUT2D eigenvalue weighted by atomic mass is 10.2. The summed E-state index contributed by atoms with van der Waals surface area (Å²) in [6, 6.07) is 7.98. The Bertz CT molecular complexity index is 573. The summed E-state index contributed by atoms with van der Waals surface area (Å²) in [4.78, 5) is 18.2. The van der Waals surface area contributed by atoms with Crippen molar-refractivity contribution in [1.82, 2.24) is 15.5 Å². The maximum Gasteiger partial charge on any atom is 0.225 e. The summed E-state index contributed by atoms with van der Waals surface area (Å²) >= 11 is 5.99. The van der Waals surface area contributed by atoms with E-state index in [1.807, 2.05) is 43.0 Å². The highest BCUT2D eigenvalue weighted by Crippen LogP contribution is 2.13. The van der Waals surface area contributed by atoms with Gasteiger partial charge >= 0.3 is 0 Å². The normalized spacial score (nSPS) is 18.4. The molecule has 2 N–H and O–H groups in total. The second-order valence-corrected chi connectivity index (χ2v) is 6.56. The molecule has 23 heavy (non-hydrogen) atoms. The Morgan fingerprint density at radius 2 is 2.26 bits per heavy atom. The third-order valence-corrected chi connectivity index (χ3v) is 4.14. The van der Waals surface area contributed by atoms with Crippen molar-refractivity contribution in [2.45, 2.75) is 32.9 Å². The number of benzene rings is 1. The average molecular weight is 337 g/mol. The zero-order chi connectivity index (χ0) is 16.8. The van der Waals surface area contributed by atoms with Crippen LogP contribution in [0.3, 0.4) is 0 Å². The molecule has 0 bridgehead atoms. The van der Waals surface area contributed by atoms with Crippen molar-refractivity contribution in [1.29, 1.82) is 0 Å². The number of rotatable bonds is 4. The predicted octanol–water partition coefficient (Wildman–Crippen LogP) is 2.26. The first-order valence-electron chi connectivity index (χ1n) is 8.00. The minimum absolute atomic E-state index is 0.0500. The molecule has 6 heteroatoms. The van der Waals surface area contributed by atoms with E-state index in [1.165, 1.54) is 0 Å². The van der Waals surface area contributed by atoms with Gasteiger partial charge in [0.2, 0.25) is 5.91 Å². The molecule has 0 radical (unpaired) electrons. The maximum absolute atomic E-state index is 12.0. The van der Waals surface area contributed by atoms with Gasteiger partial charge in [-0.05, 0) is 24.1 Å². The predicted molar refractivity (Wildman–Crippen MR) is 94.6 cm³/mol. The smallest absolute Gasteiger partial charge is 0.225 e. The lowest BCUT2D eigenvalue weighted by Gasteiger charge is -2.20. The molecule has 1 aromatic carbocycles. The van der Waals surface area contributed by atoms with E-state index in [2.05, 4.69) is 15.6 Å². The zero-order valence-corrected chi connectivity index (χ0v) is 14.7. The van der Waals surface area contributed by atoms with Crippen molar-refractivity contribution in [2.24, 2.45) is 10.9 Å². The van der Waals surface area contributed by atoms with Gasteiger partial charge in [-0.2, -0.15) is 0 Å². The summed E-state index contributed by atoms with van der Waals surface area (Å²) in [6.07, 6.45) is 0.941. The van der Waals surface area contributed by atoms with Crippen LogP contribution in [0.4, 0.5) is 0 Å². The number of likely N-dealkylation sites (tertiary alicyclic amines) is 1. The molecular weight excluding hydrogens is 312 g/mol. The Labute approximate surface area is 143 Å². The first-order valence-corrected chi connectivity index (χ1v) is 8.37. The minimum atomic E-state index is 0.0500. The molecule has 1 saturated heterocycles. The first-order chi connectivity index (χ1) is 11.0. The number of aliphatic imine (C=N–C) groups is 1. The average Bonchev–Trinajstić information content (AvgIpc) is 2.99. The van der Waals surface area contributed by atoms with Gasteiger partial charge in [-0.25, -0.2) is 0 Å². The van der Waals surface area contributed by atoms with Gasteiger partial charge in [-0.3, -0.25) is 9.79 Å². The van der Waals surface area contributed by atoms with E-state index in [9.17, 15) is 4.79 Å². The number of halogens is 1. The van der Waals surface area contributed by atoms with Crippen LogP contribution in [0.2, 0.25) is 5.02 Å². The highest BCUT2D eigenvalue weighted by atomic mass is 35.5. The van der Waals surface area contributed by atoms with Crippen molar-refractivity contribution in [3.8, 4) is 0 Å². The molecule has 1 aliphatic rings. The molecular formula is C17H25ClN4O. The van der Waals surface area contributed by atoms with E-state index in [1.54, 1.807) is 7.05 Å². The van der Waals surface area contributed by atoms with Gasteiger partial charge in [0.1, 0.15) is 0 Å². The molecule has 1 unspecified atom stereocenters. The molecule has 1 atom stereocenters. The Hall–Kier alpha value is -1.75. The van der Waals surface area contributed by atoms with E-state index in [4.69, 9.17) is 11.6 Å². The summed E-state index contributed by atoms with van der Waals surface area (Å²) in [5.74, 6) is 1.01. The number of nitrogens with zero attached hydrogens (tertiary/aromatic N) is 2. The minimum Gasteiger partial charge on any atom is -0.352 e. The molecule has 1 aromatic rings. The molecule has 0 aromatic heterocycles. The molecule has 0 aliphatic carbocycles. The monoisotopic (exact) mass is 336 g/mol. The van der Waals surface area contributed by atoms with Crippen molar-refractivity contribution in [3.05, 3.63) is 34.9 Å². The molecule has 0 spiro atoms. The fourth-order valence-electron chi connectivity index (χ4n) is 2.66. The van der Waals surface area contributed by atoms with Crippen molar-refractivity contribution < 1.29 is 4.79 Å². The molecule has 0 saturated carbocycles. The second kappa shape index (κ2) is 8.20. The fraction of sp³-hybridized carbons (Fsp3) is 0.529. The summed E-state index contributed by atoms with van der Waals surface area (Å²) in [7, 11) is 1.75. The van der Waals surface area contributed by atoms with E-state index >= 15 is 0 Å². The van der Waals surface area contributed by atoms with Crippen LogP contribution in [-0.2, 0) is 11.3 Å². The summed E-state index contributed by atoms with van der Waals surface area (Å²) in [5.41, 5.74) is 1.10. The van der Waals surface area contributed by atoms with Gasteiger partial charge < -0.3 is 15.5 Å². The van der Waals surface area contributed by atoms with Crippen molar-refractivity contribution >= 4 is 23.5 Å². The van der Waals surface area contributed by atoms with Gasteiger partial charge in [0, 0.05) is 43.7 Å². The fourth-order valence-corrected chi connectivity index (χ4v) is 2.88. The number of nitrogens with one attached hydrogen (secondary N) is 2. The van der Waals surface area contributed by atoms with Crippen LogP contribution in [0.25, 0.3) is 0 Å². The van der Waals surface area contributed by atoms with Gasteiger partial charge in [0.15, 0.2) is 5.96 Å². The van der Waals surface area contributed by atoms with Gasteiger partial charge in [-0.15, -0.1) is 0 Å². The van der Waals surface area contributed by atoms with Gasteiger partial charge in [-0.1, -0.05) is 37.6 Å². The van der Waals surface area contributed by atoms with E-state index in [0.717, 1.165) is 36.1 Å². The van der Waals surface area contributed by atoms with Crippen molar-refractivity contribution in [3.63, 3.8) is 0 Å². The Morgan fingerprint density at radius 3 is 2.91 bits per heavy atom. The number of hydrogen-bond acceptors (Lipinski definition) is 2. The van der Waals surface area contributed by atoms with Crippen molar-refractivity contribution in [2.75, 3.05) is 20.1 Å². The van der Waals surface area contributed by atoms with Crippen LogP contribution >= 0.6 is 11.6 Å². The SMILES string of the molecule is CN=C(NCc1cccc(Cl)c1)NC1CCN(C(=O)C(C)C)C1. The quantitative estimate of drug-likeness (QED) is 0.655. The van der Waals surface area contributed by atoms with E-state index in [-0.39, 0.29) is 17.9 Å². The molecule has 126 valence electrons. The standard InChI is InChI=1S/C17H25ClN4O/c1-12(2)16(23)22-8-7-15(11-22)21-17(19-3)20-10-13-5-4-6-14(18)9-13/h4-6,9,12,15H,7-8,10-11H2,1-3H3,(H2,19,20,21). The summed E-state index contributed by atoms with van der Waals surface area (Å²) < 4.78 is 0. The molecule has 5 nitrogen and oxygen atoms in total. The molecule has 1 amide bonds. The van der Waals surface area contributed by atoms with E-state index in [0.29, 0.717) is 6.54 Å². The number of hydrogen-bond donors (Lipinski definition) is 2. The second-order valence-electron chi connectivity index (χ2n) is 6.12. The van der Waals surface area contributed by atoms with Crippen LogP contribution in [0.5, 0.6) is 0 Å². The lowest BCUT2D eigenvalue weighted by Crippen LogP contribution is -2.45. The highest BCUT2D eigenvalue weighted by molar-refractivity contribution is 6.30. The number of amides is 1. The highest BCUT2D eigenvalue weighted by Gasteiger charge is 2.27. The Balaban J connectivity index is 1.83. The number of guanidine groups is 1. The van der Waals surface area contributed by atoms with Crippen LogP contribution in [0.15, 0.2) is 29.3 Å². The largest absolute Gasteiger partial charge is 0.352 e.